The van der Waals surface area contributed by atoms with Crippen LogP contribution < -0.4 is 0 Å². The number of hydrogen-bond acceptors (Lipinski definition) is 4. The number of ether oxygens (including phenoxy) is 2. The van der Waals surface area contributed by atoms with Gasteiger partial charge in [0.05, 0.1) is 16.9 Å². The first-order valence-electron chi connectivity index (χ1n) is 7.95. The zero-order chi connectivity index (χ0) is 16.7. The highest BCUT2D eigenvalue weighted by Crippen LogP contribution is 2.35. The molecule has 1 unspecified atom stereocenters. The largest absolute Gasteiger partial charge is 0.345 e. The monoisotopic (exact) mass is 329 g/mol. The van der Waals surface area contributed by atoms with Crippen LogP contribution in [-0.4, -0.2) is 13.2 Å². The van der Waals surface area contributed by atoms with Crippen LogP contribution >= 0.6 is 11.3 Å². The van der Waals surface area contributed by atoms with E-state index >= 15 is 0 Å². The minimum atomic E-state index is -0.736. The maximum absolute atomic E-state index is 9.02. The molecule has 0 radical (unpaired) electrons. The Morgan fingerprint density at radius 3 is 2.26 bits per heavy atom. The van der Waals surface area contributed by atoms with Gasteiger partial charge in [-0.3, -0.25) is 0 Å². The van der Waals surface area contributed by atoms with Gasteiger partial charge in [-0.1, -0.05) is 30.3 Å². The predicted octanol–water partition coefficient (Wildman–Crippen LogP) is 4.84. The van der Waals surface area contributed by atoms with Crippen molar-refractivity contribution < 1.29 is 9.47 Å². The van der Waals surface area contributed by atoms with Crippen LogP contribution in [0.15, 0.2) is 41.8 Å². The number of benzene rings is 1. The van der Waals surface area contributed by atoms with Gasteiger partial charge < -0.3 is 9.47 Å². The fraction of sp³-hybridized carbons (Fsp3) is 0.421. The molecule has 0 aliphatic carbocycles. The molecule has 3 nitrogen and oxygen atoms in total. The Morgan fingerprint density at radius 2 is 1.78 bits per heavy atom. The Balaban J connectivity index is 2.29. The molecule has 0 N–H and O–H groups in total. The quantitative estimate of drug-likeness (QED) is 0.651. The van der Waals surface area contributed by atoms with Crippen LogP contribution in [0.4, 0.5) is 0 Å². The van der Waals surface area contributed by atoms with Crippen LogP contribution in [0.25, 0.3) is 0 Å². The van der Waals surface area contributed by atoms with Crippen molar-refractivity contribution in [1.82, 2.24) is 0 Å². The molecule has 4 heteroatoms. The standard InChI is InChI=1S/C19H23NO2S/c1-4-21-19(22-5-2,18-7-6-12-23-18)13-16-8-10-17(11-9-16)15(3)14-20/h6-12,15H,4-5,13H2,1-3H3. The van der Waals surface area contributed by atoms with Crippen molar-refractivity contribution in [3.63, 3.8) is 0 Å². The van der Waals surface area contributed by atoms with Gasteiger partial charge in [0, 0.05) is 19.6 Å². The first-order valence-corrected chi connectivity index (χ1v) is 8.83. The van der Waals surface area contributed by atoms with E-state index in [2.05, 4.69) is 24.3 Å². The Labute approximate surface area is 142 Å². The van der Waals surface area contributed by atoms with Crippen LogP contribution in [0, 0.1) is 11.3 Å². The molecule has 122 valence electrons. The van der Waals surface area contributed by atoms with Gasteiger partial charge in [0.2, 0.25) is 5.79 Å². The number of thiophene rings is 1. The molecule has 2 aromatic rings. The predicted molar refractivity (Wildman–Crippen MR) is 93.4 cm³/mol. The van der Waals surface area contributed by atoms with Gasteiger partial charge >= 0.3 is 0 Å². The van der Waals surface area contributed by atoms with Crippen LogP contribution in [-0.2, 0) is 21.7 Å². The summed E-state index contributed by atoms with van der Waals surface area (Å²) in [6.07, 6.45) is 0.649. The van der Waals surface area contributed by atoms with Crippen molar-refractivity contribution in [2.45, 2.75) is 38.9 Å². The highest BCUT2D eigenvalue weighted by molar-refractivity contribution is 7.10. The average molecular weight is 329 g/mol. The van der Waals surface area contributed by atoms with Crippen molar-refractivity contribution in [1.29, 1.82) is 5.26 Å². The lowest BCUT2D eigenvalue weighted by molar-refractivity contribution is -0.239. The van der Waals surface area contributed by atoms with Crippen molar-refractivity contribution in [3.05, 3.63) is 57.8 Å². The van der Waals surface area contributed by atoms with E-state index in [0.29, 0.717) is 19.6 Å². The normalized spacial score (nSPS) is 12.8. The first-order chi connectivity index (χ1) is 11.1. The third-order valence-electron chi connectivity index (χ3n) is 3.76. The molecular weight excluding hydrogens is 306 g/mol. The maximum atomic E-state index is 9.02. The summed E-state index contributed by atoms with van der Waals surface area (Å²) < 4.78 is 12.1. The first kappa shape index (κ1) is 17.7. The second-order valence-corrected chi connectivity index (χ2v) is 6.31. The van der Waals surface area contributed by atoms with Crippen LogP contribution in [0.2, 0.25) is 0 Å². The molecule has 2 rings (SSSR count). The minimum Gasteiger partial charge on any atom is -0.345 e. The molecule has 0 amide bonds. The lowest BCUT2D eigenvalue weighted by Gasteiger charge is -2.32. The van der Waals surface area contributed by atoms with Gasteiger partial charge in [-0.15, -0.1) is 11.3 Å². The maximum Gasteiger partial charge on any atom is 0.208 e. The van der Waals surface area contributed by atoms with E-state index in [1.165, 1.54) is 0 Å². The van der Waals surface area contributed by atoms with Crippen LogP contribution in [0.3, 0.4) is 0 Å². The fourth-order valence-corrected chi connectivity index (χ4v) is 3.43. The van der Waals surface area contributed by atoms with Crippen molar-refractivity contribution in [3.8, 4) is 6.07 Å². The molecule has 1 atom stereocenters. The third-order valence-corrected chi connectivity index (χ3v) is 4.76. The Bertz CT molecular complexity index is 622. The molecular formula is C19H23NO2S. The van der Waals surface area contributed by atoms with Crippen molar-refractivity contribution in [2.24, 2.45) is 0 Å². The van der Waals surface area contributed by atoms with E-state index in [1.807, 2.05) is 44.4 Å². The van der Waals surface area contributed by atoms with E-state index in [0.717, 1.165) is 16.0 Å². The van der Waals surface area contributed by atoms with E-state index < -0.39 is 5.79 Å². The zero-order valence-corrected chi connectivity index (χ0v) is 14.7. The molecule has 1 heterocycles. The number of rotatable bonds is 8. The molecule has 0 aliphatic heterocycles. The lowest BCUT2D eigenvalue weighted by atomic mass is 9.97. The van der Waals surface area contributed by atoms with Gasteiger partial charge in [0.1, 0.15) is 0 Å². The molecule has 0 fully saturated rings. The molecule has 0 spiro atoms. The summed E-state index contributed by atoms with van der Waals surface area (Å²) in [6.45, 7) is 7.05. The number of nitrogens with zero attached hydrogens (tertiary/aromatic N) is 1. The summed E-state index contributed by atoms with van der Waals surface area (Å²) >= 11 is 1.65. The summed E-state index contributed by atoms with van der Waals surface area (Å²) in [4.78, 5) is 1.08. The van der Waals surface area contributed by atoms with E-state index in [4.69, 9.17) is 14.7 Å². The Morgan fingerprint density at radius 1 is 1.13 bits per heavy atom. The number of hydrogen-bond donors (Lipinski definition) is 0. The van der Waals surface area contributed by atoms with Crippen molar-refractivity contribution in [2.75, 3.05) is 13.2 Å². The SMILES string of the molecule is CCOC(Cc1ccc(C(C)C#N)cc1)(OCC)c1cccs1. The number of nitriles is 1. The summed E-state index contributed by atoms with van der Waals surface area (Å²) in [5.41, 5.74) is 2.17. The molecule has 0 saturated carbocycles. The van der Waals surface area contributed by atoms with Crippen LogP contribution in [0.1, 0.15) is 42.7 Å². The summed E-state index contributed by atoms with van der Waals surface area (Å²) in [5.74, 6) is -0.829. The Kier molecular flexibility index (Phi) is 6.35. The molecule has 0 saturated heterocycles. The highest BCUT2D eigenvalue weighted by atomic mass is 32.1. The van der Waals surface area contributed by atoms with Gasteiger partial charge in [-0.25, -0.2) is 0 Å². The molecule has 0 bridgehead atoms. The second kappa shape index (κ2) is 8.26. The summed E-state index contributed by atoms with van der Waals surface area (Å²) in [6, 6.07) is 14.5. The topological polar surface area (TPSA) is 42.2 Å². The van der Waals surface area contributed by atoms with E-state index in [-0.39, 0.29) is 5.92 Å². The minimum absolute atomic E-state index is 0.0927. The van der Waals surface area contributed by atoms with Crippen molar-refractivity contribution >= 4 is 11.3 Å². The van der Waals surface area contributed by atoms with Crippen LogP contribution in [0.5, 0.6) is 0 Å². The van der Waals surface area contributed by atoms with E-state index in [1.54, 1.807) is 11.3 Å². The van der Waals surface area contributed by atoms with Gasteiger partial charge in [-0.2, -0.15) is 5.26 Å². The summed E-state index contributed by atoms with van der Waals surface area (Å²) in [5, 5.41) is 11.1. The fourth-order valence-electron chi connectivity index (χ4n) is 2.60. The molecule has 1 aromatic heterocycles. The Hall–Kier alpha value is -1.67. The smallest absolute Gasteiger partial charge is 0.208 e. The zero-order valence-electron chi connectivity index (χ0n) is 13.9. The van der Waals surface area contributed by atoms with Gasteiger partial charge in [-0.05, 0) is 43.3 Å². The lowest BCUT2D eigenvalue weighted by Crippen LogP contribution is -2.35. The highest BCUT2D eigenvalue weighted by Gasteiger charge is 2.35. The molecule has 1 aromatic carbocycles. The van der Waals surface area contributed by atoms with Gasteiger partial charge in [0.25, 0.3) is 0 Å². The second-order valence-electron chi connectivity index (χ2n) is 5.37. The molecule has 23 heavy (non-hydrogen) atoms. The average Bonchev–Trinajstić information content (AvgIpc) is 3.10. The molecule has 0 aliphatic rings. The van der Waals surface area contributed by atoms with E-state index in [9.17, 15) is 0 Å². The third kappa shape index (κ3) is 4.20. The van der Waals surface area contributed by atoms with Gasteiger partial charge in [0.15, 0.2) is 0 Å². The summed E-state index contributed by atoms with van der Waals surface area (Å²) in [7, 11) is 0.